The van der Waals surface area contributed by atoms with Gasteiger partial charge < -0.3 is 9.47 Å². The highest BCUT2D eigenvalue weighted by molar-refractivity contribution is 5.88. The van der Waals surface area contributed by atoms with E-state index in [1.165, 1.54) is 19.4 Å². The van der Waals surface area contributed by atoms with Crippen LogP contribution >= 0.6 is 0 Å². The smallest absolute Gasteiger partial charge is 0.303 e. The van der Waals surface area contributed by atoms with E-state index in [-0.39, 0.29) is 44.8 Å². The molecule has 5 aliphatic rings. The Balaban J connectivity index is 1.52. The minimum Gasteiger partial charge on any atom is -0.465 e. The average Bonchev–Trinajstić information content (AvgIpc) is 3.21. The molecule has 0 N–H and O–H groups in total. The summed E-state index contributed by atoms with van der Waals surface area (Å²) in [6.07, 6.45) is 8.90. The first-order valence-electron chi connectivity index (χ1n) is 15.5. The fourth-order valence-electron chi connectivity index (χ4n) is 12.1. The lowest BCUT2D eigenvalue weighted by molar-refractivity contribution is -0.247. The van der Waals surface area contributed by atoms with Crippen molar-refractivity contribution >= 4 is 17.7 Å². The summed E-state index contributed by atoms with van der Waals surface area (Å²) < 4.78 is 11.5. The molecule has 0 bridgehead atoms. The fraction of sp³-hybridized carbons (Fsp3) is 0.853. The highest BCUT2D eigenvalue weighted by Crippen LogP contribution is 2.77. The Morgan fingerprint density at radius 2 is 1.54 bits per heavy atom. The molecule has 0 aromatic rings. The molecule has 218 valence electrons. The van der Waals surface area contributed by atoms with Crippen molar-refractivity contribution in [3.8, 4) is 0 Å². The minimum absolute atomic E-state index is 0.0593. The maximum atomic E-state index is 13.7. The van der Waals surface area contributed by atoms with Crippen molar-refractivity contribution in [3.05, 3.63) is 12.2 Å². The van der Waals surface area contributed by atoms with E-state index in [1.54, 1.807) is 0 Å². The lowest BCUT2D eigenvalue weighted by Crippen LogP contribution is -2.68. The van der Waals surface area contributed by atoms with E-state index in [2.05, 4.69) is 48.1 Å². The Hall–Kier alpha value is -1.65. The van der Waals surface area contributed by atoms with Crippen molar-refractivity contribution in [3.63, 3.8) is 0 Å². The van der Waals surface area contributed by atoms with E-state index in [1.807, 2.05) is 0 Å². The van der Waals surface area contributed by atoms with Crippen LogP contribution in [-0.4, -0.2) is 30.4 Å². The molecule has 5 aliphatic carbocycles. The quantitative estimate of drug-likeness (QED) is 0.276. The average molecular weight is 541 g/mol. The number of hydrogen-bond acceptors (Lipinski definition) is 5. The lowest BCUT2D eigenvalue weighted by Gasteiger charge is -2.72. The van der Waals surface area contributed by atoms with Crippen LogP contribution in [0.4, 0.5) is 0 Å². The number of carbonyl (C=O) groups is 3. The van der Waals surface area contributed by atoms with Crippen LogP contribution in [0.5, 0.6) is 0 Å². The standard InChI is InChI=1S/C34H52O5/c1-20(2)23-12-15-34(19-38-21(3)35)17-16-32(8)24(28(23)34)10-11-27-31(7)18-25(37)29(39-22(4)36)30(5,6)26(31)13-14-33(27,32)9/h23-24,26-29H,1,10-19H2,2-9H3/t23-,24+,26-,27+,28+,29?,31-,32+,33+,34+/m0/s1. The predicted octanol–water partition coefficient (Wildman–Crippen LogP) is 7.32. The van der Waals surface area contributed by atoms with Crippen molar-refractivity contribution < 1.29 is 23.9 Å². The molecule has 0 aliphatic heterocycles. The van der Waals surface area contributed by atoms with E-state index < -0.39 is 6.10 Å². The van der Waals surface area contributed by atoms with Gasteiger partial charge in [0.25, 0.3) is 0 Å². The Morgan fingerprint density at radius 1 is 0.846 bits per heavy atom. The van der Waals surface area contributed by atoms with Crippen LogP contribution in [0.15, 0.2) is 12.2 Å². The number of ether oxygens (including phenoxy) is 2. The zero-order chi connectivity index (χ0) is 28.8. The second-order valence-electron chi connectivity index (χ2n) is 15.8. The molecule has 0 heterocycles. The Bertz CT molecular complexity index is 1080. The highest BCUT2D eigenvalue weighted by atomic mass is 16.5. The first-order valence-corrected chi connectivity index (χ1v) is 15.5. The van der Waals surface area contributed by atoms with Crippen LogP contribution < -0.4 is 0 Å². The van der Waals surface area contributed by atoms with Gasteiger partial charge in [0.2, 0.25) is 0 Å². The van der Waals surface area contributed by atoms with Crippen molar-refractivity contribution in [2.75, 3.05) is 6.61 Å². The molecule has 0 amide bonds. The topological polar surface area (TPSA) is 69.7 Å². The third-order valence-corrected chi connectivity index (χ3v) is 13.8. The van der Waals surface area contributed by atoms with E-state index in [9.17, 15) is 14.4 Å². The molecule has 5 heteroatoms. The zero-order valence-electron chi connectivity index (χ0n) is 25.8. The van der Waals surface area contributed by atoms with Gasteiger partial charge in [-0.25, -0.2) is 0 Å². The molecule has 5 fully saturated rings. The summed E-state index contributed by atoms with van der Waals surface area (Å²) in [7, 11) is 0. The third kappa shape index (κ3) is 3.94. The number of allylic oxidation sites excluding steroid dienone is 1. The predicted molar refractivity (Wildman–Crippen MR) is 152 cm³/mol. The first-order chi connectivity index (χ1) is 18.0. The molecular weight excluding hydrogens is 488 g/mol. The molecule has 0 aromatic carbocycles. The van der Waals surface area contributed by atoms with Crippen molar-refractivity contribution in [1.82, 2.24) is 0 Å². The largest absolute Gasteiger partial charge is 0.465 e. The van der Waals surface area contributed by atoms with Gasteiger partial charge in [0.15, 0.2) is 11.9 Å². The van der Waals surface area contributed by atoms with E-state index in [0.29, 0.717) is 42.6 Å². The Labute approximate surface area is 236 Å². The van der Waals surface area contributed by atoms with Gasteiger partial charge in [0.1, 0.15) is 0 Å². The molecule has 5 nitrogen and oxygen atoms in total. The zero-order valence-corrected chi connectivity index (χ0v) is 25.8. The summed E-state index contributed by atoms with van der Waals surface area (Å²) in [6, 6.07) is 0. The van der Waals surface area contributed by atoms with Crippen molar-refractivity contribution in [1.29, 1.82) is 0 Å². The number of fused-ring (bicyclic) bond motifs is 7. The number of carbonyl (C=O) groups excluding carboxylic acids is 3. The van der Waals surface area contributed by atoms with Crippen molar-refractivity contribution in [2.24, 2.45) is 56.7 Å². The summed E-state index contributed by atoms with van der Waals surface area (Å²) >= 11 is 0. The van der Waals surface area contributed by atoms with Crippen LogP contribution in [0.25, 0.3) is 0 Å². The molecular formula is C34H52O5. The number of hydrogen-bond donors (Lipinski definition) is 0. The van der Waals surface area contributed by atoms with Gasteiger partial charge in [0, 0.05) is 31.1 Å². The lowest BCUT2D eigenvalue weighted by atomic mass is 9.32. The Morgan fingerprint density at radius 3 is 2.15 bits per heavy atom. The van der Waals surface area contributed by atoms with E-state index in [0.717, 1.165) is 51.4 Å². The van der Waals surface area contributed by atoms with Crippen LogP contribution in [0.2, 0.25) is 0 Å². The van der Waals surface area contributed by atoms with Gasteiger partial charge in [-0.2, -0.15) is 0 Å². The minimum atomic E-state index is -0.643. The molecule has 0 radical (unpaired) electrons. The normalized spacial score (nSPS) is 48.2. The van der Waals surface area contributed by atoms with Gasteiger partial charge in [-0.15, -0.1) is 0 Å². The van der Waals surface area contributed by atoms with Gasteiger partial charge in [-0.3, -0.25) is 14.4 Å². The van der Waals surface area contributed by atoms with E-state index >= 15 is 0 Å². The molecule has 39 heavy (non-hydrogen) atoms. The molecule has 1 unspecified atom stereocenters. The summed E-state index contributed by atoms with van der Waals surface area (Å²) in [5.41, 5.74) is 1.15. The highest BCUT2D eigenvalue weighted by Gasteiger charge is 2.72. The molecule has 5 rings (SSSR count). The summed E-state index contributed by atoms with van der Waals surface area (Å²) in [4.78, 5) is 37.5. The van der Waals surface area contributed by atoms with Gasteiger partial charge in [-0.1, -0.05) is 46.8 Å². The maximum Gasteiger partial charge on any atom is 0.303 e. The monoisotopic (exact) mass is 540 g/mol. The SMILES string of the molecule is C=C(C)[C@@H]1CC[C@]2(COC(C)=O)CC[C@]3(C)[C@H](CC[C@@H]4[C@@]5(C)CC(=O)C(OC(C)=O)C(C)(C)[C@@H]5CC[C@]43C)[C@@H]12. The van der Waals surface area contributed by atoms with Gasteiger partial charge in [-0.05, 0) is 104 Å². The van der Waals surface area contributed by atoms with E-state index in [4.69, 9.17) is 9.47 Å². The fourth-order valence-corrected chi connectivity index (χ4v) is 12.1. The number of rotatable bonds is 4. The Kier molecular flexibility index (Phi) is 6.79. The molecule has 0 saturated heterocycles. The van der Waals surface area contributed by atoms with Crippen molar-refractivity contribution in [2.45, 2.75) is 119 Å². The van der Waals surface area contributed by atoms with Crippen LogP contribution in [0.3, 0.4) is 0 Å². The first kappa shape index (κ1) is 28.9. The molecule has 5 saturated carbocycles. The summed E-state index contributed by atoms with van der Waals surface area (Å²) in [5.74, 6) is 1.91. The molecule has 10 atom stereocenters. The number of Topliss-reactive ketones (excluding diaryl/α,β-unsaturated/α-hetero) is 1. The maximum absolute atomic E-state index is 13.7. The molecule has 0 aromatic heterocycles. The second-order valence-corrected chi connectivity index (χ2v) is 15.8. The third-order valence-electron chi connectivity index (χ3n) is 13.8. The summed E-state index contributed by atoms with van der Waals surface area (Å²) in [6.45, 7) is 22.0. The second kappa shape index (κ2) is 9.18. The van der Waals surface area contributed by atoms with Gasteiger partial charge >= 0.3 is 11.9 Å². The summed E-state index contributed by atoms with van der Waals surface area (Å²) in [5, 5.41) is 0. The van der Waals surface area contributed by atoms with Crippen LogP contribution in [-0.2, 0) is 23.9 Å². The number of esters is 2. The number of ketones is 1. The molecule has 0 spiro atoms. The van der Waals surface area contributed by atoms with Gasteiger partial charge in [0.05, 0.1) is 6.61 Å². The van der Waals surface area contributed by atoms with Crippen LogP contribution in [0.1, 0.15) is 113 Å². The van der Waals surface area contributed by atoms with Crippen LogP contribution in [0, 0.1) is 56.7 Å².